The Morgan fingerprint density at radius 1 is 0.810 bits per heavy atom. The Balaban J connectivity index is 0.000000240. The lowest BCUT2D eigenvalue weighted by Gasteiger charge is -2.56. The molecule has 4 heterocycles. The number of halogens is 2. The molecule has 0 aromatic rings. The van der Waals surface area contributed by atoms with E-state index in [4.69, 9.17) is 37.1 Å². The number of hydrogen-bond donors (Lipinski definition) is 3. The van der Waals surface area contributed by atoms with Gasteiger partial charge in [0.25, 0.3) is 0 Å². The molecule has 0 unspecified atom stereocenters. The van der Waals surface area contributed by atoms with Crippen LogP contribution in [0.5, 0.6) is 0 Å². The summed E-state index contributed by atoms with van der Waals surface area (Å²) in [5.74, 6) is -1.75. The third-order valence-corrected chi connectivity index (χ3v) is 14.2. The number of esters is 2. The highest BCUT2D eigenvalue weighted by Crippen LogP contribution is 2.55. The second-order valence-corrected chi connectivity index (χ2v) is 19.2. The number of aliphatic hydroxyl groups excluding tert-OH is 1. The van der Waals surface area contributed by atoms with E-state index in [2.05, 4.69) is 37.6 Å². The van der Waals surface area contributed by atoms with Crippen LogP contribution in [0.2, 0.25) is 18.6 Å². The first kappa shape index (κ1) is 35.1. The van der Waals surface area contributed by atoms with Crippen molar-refractivity contribution >= 4 is 55.3 Å². The van der Waals surface area contributed by atoms with Gasteiger partial charge in [-0.15, -0.1) is 23.2 Å². The smallest absolute Gasteiger partial charge is 0.339 e. The zero-order chi connectivity index (χ0) is 32.2. The monoisotopic (exact) mass is 650 g/mol. The van der Waals surface area contributed by atoms with Crippen LogP contribution in [-0.4, -0.2) is 83.4 Å². The molecule has 10 nitrogen and oxygen atoms in total. The van der Waals surface area contributed by atoms with Crippen LogP contribution >= 0.6 is 23.2 Å². The Hall–Kier alpha value is -1.40. The molecule has 0 bridgehead atoms. The lowest BCUT2D eigenvalue weighted by Crippen LogP contribution is -2.81. The first-order valence-corrected chi connectivity index (χ1v) is 18.9. The molecule has 0 spiro atoms. The van der Waals surface area contributed by atoms with Crippen LogP contribution in [0.4, 0.5) is 0 Å². The van der Waals surface area contributed by atoms with Crippen LogP contribution in [0.3, 0.4) is 0 Å². The van der Waals surface area contributed by atoms with E-state index in [0.717, 1.165) is 0 Å². The summed E-state index contributed by atoms with van der Waals surface area (Å²) < 4.78 is 17.3. The largest absolute Gasteiger partial charge is 0.453 e. The Morgan fingerprint density at radius 2 is 1.21 bits per heavy atom. The van der Waals surface area contributed by atoms with Gasteiger partial charge in [-0.2, -0.15) is 0 Å². The van der Waals surface area contributed by atoms with E-state index in [1.807, 2.05) is 20.8 Å². The highest BCUT2D eigenvalue weighted by atomic mass is 35.5. The molecule has 0 radical (unpaired) electrons. The van der Waals surface area contributed by atoms with Gasteiger partial charge in [0.2, 0.25) is 22.9 Å². The van der Waals surface area contributed by atoms with Gasteiger partial charge in [-0.3, -0.25) is 9.59 Å². The Morgan fingerprint density at radius 3 is 1.55 bits per heavy atom. The highest BCUT2D eigenvalue weighted by Gasteiger charge is 2.80. The van der Waals surface area contributed by atoms with Crippen LogP contribution in [-0.2, 0) is 33.1 Å². The molecule has 240 valence electrons. The zero-order valence-corrected chi connectivity index (χ0v) is 28.9. The zero-order valence-electron chi connectivity index (χ0n) is 26.4. The van der Waals surface area contributed by atoms with Gasteiger partial charge < -0.3 is 29.6 Å². The quantitative estimate of drug-likeness (QED) is 0.175. The molecule has 3 N–H and O–H groups in total. The van der Waals surface area contributed by atoms with Gasteiger partial charge >= 0.3 is 11.9 Å². The molecular weight excluding hydrogens is 603 g/mol. The number of alkyl halides is 2. The van der Waals surface area contributed by atoms with E-state index < -0.39 is 60.6 Å². The van der Waals surface area contributed by atoms with Crippen molar-refractivity contribution in [1.82, 2.24) is 10.6 Å². The predicted molar refractivity (Wildman–Crippen MR) is 162 cm³/mol. The second kappa shape index (κ2) is 11.8. The number of carbonyl (C=O) groups excluding carboxylic acids is 4. The van der Waals surface area contributed by atoms with Crippen molar-refractivity contribution in [3.8, 4) is 0 Å². The molecule has 13 heteroatoms. The molecule has 0 saturated carbocycles. The van der Waals surface area contributed by atoms with E-state index >= 15 is 0 Å². The summed E-state index contributed by atoms with van der Waals surface area (Å²) in [6.45, 7) is 19.8. The number of aliphatic hydroxyl groups is 1. The minimum absolute atomic E-state index is 0.0674. The number of ether oxygens (including phenoxy) is 2. The van der Waals surface area contributed by atoms with E-state index in [9.17, 15) is 24.3 Å². The van der Waals surface area contributed by atoms with Crippen molar-refractivity contribution in [2.24, 2.45) is 23.7 Å². The van der Waals surface area contributed by atoms with Crippen molar-refractivity contribution in [2.75, 3.05) is 11.8 Å². The summed E-state index contributed by atoms with van der Waals surface area (Å²) in [7, 11) is -2.03. The van der Waals surface area contributed by atoms with Gasteiger partial charge in [0.1, 0.15) is 0 Å². The standard InChI is InChI=1S/C17H30ClNO4Si.C12H18ClNO4/c1-10(2)13(23-24(6,7)11(3)4)17-15(21)22-16(17,5)12(8-9-18)14(20)19-17;1-6(2)8(15)12-10(17)18-11(12,3)7(4-5-13)9(16)14-12/h10-13H,8-9H2,1-7H3,(H,19,20);6-8,15H,4-5H2,1-3H3,(H,14,16)/t12-,13-,16-,17-;7-,8-,11-,12-/m00/s1. The van der Waals surface area contributed by atoms with Crippen molar-refractivity contribution in [2.45, 2.75) is 121 Å². The fraction of sp³-hybridized carbons (Fsp3) is 0.862. The first-order chi connectivity index (χ1) is 19.2. The predicted octanol–water partition coefficient (Wildman–Crippen LogP) is 3.50. The van der Waals surface area contributed by atoms with Gasteiger partial charge in [-0.25, -0.2) is 9.59 Å². The topological polar surface area (TPSA) is 140 Å². The maximum atomic E-state index is 12.6. The molecule has 4 aliphatic heterocycles. The van der Waals surface area contributed by atoms with Gasteiger partial charge in [0.05, 0.1) is 24.0 Å². The van der Waals surface area contributed by atoms with Crippen LogP contribution in [0.1, 0.15) is 68.2 Å². The van der Waals surface area contributed by atoms with Gasteiger partial charge in [-0.1, -0.05) is 41.5 Å². The molecule has 8 atom stereocenters. The lowest BCUT2D eigenvalue weighted by molar-refractivity contribution is -0.238. The highest BCUT2D eigenvalue weighted by molar-refractivity contribution is 6.72. The molecule has 4 rings (SSSR count). The average Bonchev–Trinajstić information content (AvgIpc) is 3.17. The third-order valence-electron chi connectivity index (χ3n) is 10.1. The van der Waals surface area contributed by atoms with Crippen LogP contribution in [0, 0.1) is 23.7 Å². The number of fused-ring (bicyclic) bond motifs is 2. The lowest BCUT2D eigenvalue weighted by atomic mass is 9.66. The maximum absolute atomic E-state index is 12.6. The molecule has 4 saturated heterocycles. The molecule has 4 aliphatic rings. The molecule has 2 amide bonds. The van der Waals surface area contributed by atoms with Crippen LogP contribution in [0.25, 0.3) is 0 Å². The molecule has 0 aromatic heterocycles. The normalized spacial score (nSPS) is 36.6. The van der Waals surface area contributed by atoms with Crippen molar-refractivity contribution < 1.29 is 38.2 Å². The summed E-state index contributed by atoms with van der Waals surface area (Å²) in [6.07, 6.45) is -0.469. The summed E-state index contributed by atoms with van der Waals surface area (Å²) >= 11 is 11.6. The molecule has 0 aromatic carbocycles. The average molecular weight is 652 g/mol. The van der Waals surface area contributed by atoms with Gasteiger partial charge in [0.15, 0.2) is 19.5 Å². The third kappa shape index (κ3) is 4.89. The van der Waals surface area contributed by atoms with Gasteiger partial charge in [-0.05, 0) is 57.2 Å². The number of hydrogen-bond acceptors (Lipinski definition) is 8. The van der Waals surface area contributed by atoms with E-state index in [1.165, 1.54) is 0 Å². The van der Waals surface area contributed by atoms with Crippen molar-refractivity contribution in [3.63, 3.8) is 0 Å². The van der Waals surface area contributed by atoms with Gasteiger partial charge in [0, 0.05) is 11.8 Å². The maximum Gasteiger partial charge on any atom is 0.339 e. The number of carbonyl (C=O) groups is 4. The fourth-order valence-corrected chi connectivity index (χ4v) is 8.61. The molecular formula is C29H48Cl2N2O8Si. The van der Waals surface area contributed by atoms with Crippen molar-refractivity contribution in [3.05, 3.63) is 0 Å². The van der Waals surface area contributed by atoms with Crippen molar-refractivity contribution in [1.29, 1.82) is 0 Å². The van der Waals surface area contributed by atoms with Crippen LogP contribution < -0.4 is 10.6 Å². The first-order valence-electron chi connectivity index (χ1n) is 14.8. The Labute approximate surface area is 260 Å². The minimum Gasteiger partial charge on any atom is -0.453 e. The molecule has 4 fully saturated rings. The number of amides is 2. The second-order valence-electron chi connectivity index (χ2n) is 13.9. The summed E-state index contributed by atoms with van der Waals surface area (Å²) in [5.41, 5.74) is -3.91. The summed E-state index contributed by atoms with van der Waals surface area (Å²) in [6, 6.07) is 0. The SMILES string of the molecule is CC(C)[C@H](O)[C@@]12NC(=O)[C@H](CCCl)[C@]1(C)OC2=O.CC(C)[C@H](O[Si](C)(C)C(C)C)[C@@]12NC(=O)[C@H](CCCl)[C@]1(C)OC2=O. The summed E-state index contributed by atoms with van der Waals surface area (Å²) in [4.78, 5) is 49.0. The van der Waals surface area contributed by atoms with E-state index in [0.29, 0.717) is 30.1 Å². The molecule has 42 heavy (non-hydrogen) atoms. The number of nitrogens with one attached hydrogen (secondary N) is 2. The Bertz CT molecular complexity index is 1110. The minimum atomic E-state index is -2.03. The fourth-order valence-electron chi connectivity index (χ4n) is 6.80. The summed E-state index contributed by atoms with van der Waals surface area (Å²) in [5, 5.41) is 15.9. The number of rotatable bonds is 11. The van der Waals surface area contributed by atoms with Crippen LogP contribution in [0.15, 0.2) is 0 Å². The Kier molecular flexibility index (Phi) is 9.89. The van der Waals surface area contributed by atoms with E-state index in [1.54, 1.807) is 20.8 Å². The molecule has 0 aliphatic carbocycles. The van der Waals surface area contributed by atoms with E-state index in [-0.39, 0.29) is 29.6 Å².